The van der Waals surface area contributed by atoms with Gasteiger partial charge in [-0.15, -0.1) is 0 Å². The summed E-state index contributed by atoms with van der Waals surface area (Å²) in [6.07, 6.45) is 4.33. The first-order valence-electron chi connectivity index (χ1n) is 5.82. The van der Waals surface area contributed by atoms with E-state index in [0.717, 1.165) is 23.4 Å². The van der Waals surface area contributed by atoms with Crippen LogP contribution in [0.4, 0.5) is 0 Å². The number of aromatic nitrogens is 2. The van der Waals surface area contributed by atoms with Gasteiger partial charge in [-0.3, -0.25) is 4.68 Å². The molecular formula is C13H14N2O2. The van der Waals surface area contributed by atoms with Crippen LogP contribution in [-0.4, -0.2) is 22.9 Å². The van der Waals surface area contributed by atoms with Crippen molar-refractivity contribution < 1.29 is 9.53 Å². The van der Waals surface area contributed by atoms with E-state index in [9.17, 15) is 4.79 Å². The van der Waals surface area contributed by atoms with Crippen LogP contribution in [-0.2, 0) is 11.3 Å². The largest absolute Gasteiger partial charge is 0.465 e. The maximum Gasteiger partial charge on any atom is 0.338 e. The molecule has 0 bridgehead atoms. The minimum absolute atomic E-state index is 0.304. The molecule has 1 aromatic carbocycles. The van der Waals surface area contributed by atoms with Crippen molar-refractivity contribution in [3.05, 3.63) is 30.0 Å². The summed E-state index contributed by atoms with van der Waals surface area (Å²) in [5.74, 6) is 0.460. The number of hydrogen-bond donors (Lipinski definition) is 0. The summed E-state index contributed by atoms with van der Waals surface area (Å²) in [6, 6.07) is 5.65. The standard InChI is InChI=1S/C13H14N2O2/c1-17-13(16)10-3-2-4-12-11(10)7-14-15(12)8-9-5-6-9/h2-4,7,9H,5-6,8H2,1H3. The van der Waals surface area contributed by atoms with E-state index in [0.29, 0.717) is 5.56 Å². The third-order valence-corrected chi connectivity index (χ3v) is 3.22. The van der Waals surface area contributed by atoms with Gasteiger partial charge in [-0.25, -0.2) is 4.79 Å². The van der Waals surface area contributed by atoms with E-state index in [-0.39, 0.29) is 5.97 Å². The number of carbonyl (C=O) groups excluding carboxylic acids is 1. The third-order valence-electron chi connectivity index (χ3n) is 3.22. The van der Waals surface area contributed by atoms with Crippen molar-refractivity contribution in [3.8, 4) is 0 Å². The Morgan fingerprint density at radius 2 is 2.35 bits per heavy atom. The molecular weight excluding hydrogens is 216 g/mol. The summed E-state index contributed by atoms with van der Waals surface area (Å²) in [5.41, 5.74) is 1.60. The Hall–Kier alpha value is -1.84. The smallest absolute Gasteiger partial charge is 0.338 e. The molecule has 0 N–H and O–H groups in total. The summed E-state index contributed by atoms with van der Waals surface area (Å²) < 4.78 is 6.76. The zero-order valence-electron chi connectivity index (χ0n) is 9.72. The molecule has 0 saturated heterocycles. The quantitative estimate of drug-likeness (QED) is 0.759. The van der Waals surface area contributed by atoms with Gasteiger partial charge in [-0.05, 0) is 30.9 Å². The SMILES string of the molecule is COC(=O)c1cccc2c1cnn2CC1CC1. The zero-order chi connectivity index (χ0) is 11.8. The number of fused-ring (bicyclic) bond motifs is 1. The number of carbonyl (C=O) groups is 1. The average Bonchev–Trinajstić information content (AvgIpc) is 3.08. The van der Waals surface area contributed by atoms with Crippen LogP contribution >= 0.6 is 0 Å². The molecule has 17 heavy (non-hydrogen) atoms. The minimum Gasteiger partial charge on any atom is -0.465 e. The lowest BCUT2D eigenvalue weighted by Crippen LogP contribution is -2.03. The van der Waals surface area contributed by atoms with Crippen molar-refractivity contribution >= 4 is 16.9 Å². The third kappa shape index (κ3) is 1.79. The van der Waals surface area contributed by atoms with E-state index in [1.807, 2.05) is 16.8 Å². The molecule has 1 heterocycles. The Balaban J connectivity index is 2.07. The second-order valence-corrected chi connectivity index (χ2v) is 4.50. The highest BCUT2D eigenvalue weighted by Gasteiger charge is 2.23. The second kappa shape index (κ2) is 3.87. The molecule has 1 aromatic heterocycles. The molecule has 4 nitrogen and oxygen atoms in total. The normalized spacial score (nSPS) is 15.1. The van der Waals surface area contributed by atoms with Gasteiger partial charge in [0.05, 0.1) is 24.4 Å². The van der Waals surface area contributed by atoms with Crippen LogP contribution < -0.4 is 0 Å². The summed E-state index contributed by atoms with van der Waals surface area (Å²) >= 11 is 0. The van der Waals surface area contributed by atoms with Crippen LogP contribution in [0, 0.1) is 5.92 Å². The second-order valence-electron chi connectivity index (χ2n) is 4.50. The highest BCUT2D eigenvalue weighted by atomic mass is 16.5. The van der Waals surface area contributed by atoms with Crippen LogP contribution in [0.25, 0.3) is 10.9 Å². The highest BCUT2D eigenvalue weighted by molar-refractivity contribution is 6.03. The Kier molecular flexibility index (Phi) is 2.35. The summed E-state index contributed by atoms with van der Waals surface area (Å²) in [7, 11) is 1.40. The van der Waals surface area contributed by atoms with Crippen molar-refractivity contribution in [2.45, 2.75) is 19.4 Å². The van der Waals surface area contributed by atoms with Crippen LogP contribution in [0.2, 0.25) is 0 Å². The Morgan fingerprint density at radius 3 is 3.06 bits per heavy atom. The number of benzene rings is 1. The van der Waals surface area contributed by atoms with Crippen molar-refractivity contribution in [2.75, 3.05) is 7.11 Å². The molecule has 0 radical (unpaired) electrons. The van der Waals surface area contributed by atoms with Crippen molar-refractivity contribution in [1.29, 1.82) is 0 Å². The van der Waals surface area contributed by atoms with Gasteiger partial charge in [0.2, 0.25) is 0 Å². The lowest BCUT2D eigenvalue weighted by atomic mass is 10.1. The molecule has 0 spiro atoms. The average molecular weight is 230 g/mol. The lowest BCUT2D eigenvalue weighted by Gasteiger charge is -2.03. The van der Waals surface area contributed by atoms with Crippen LogP contribution in [0.3, 0.4) is 0 Å². The molecule has 0 atom stereocenters. The van der Waals surface area contributed by atoms with Crippen molar-refractivity contribution in [1.82, 2.24) is 9.78 Å². The van der Waals surface area contributed by atoms with Crippen LogP contribution in [0.5, 0.6) is 0 Å². The predicted molar refractivity (Wildman–Crippen MR) is 63.8 cm³/mol. The Labute approximate surface area is 99.2 Å². The number of hydrogen-bond acceptors (Lipinski definition) is 3. The first-order chi connectivity index (χ1) is 8.29. The van der Waals surface area contributed by atoms with E-state index in [1.54, 1.807) is 12.3 Å². The molecule has 0 amide bonds. The fourth-order valence-corrected chi connectivity index (χ4v) is 2.08. The van der Waals surface area contributed by atoms with Gasteiger partial charge >= 0.3 is 5.97 Å². The van der Waals surface area contributed by atoms with Crippen molar-refractivity contribution in [3.63, 3.8) is 0 Å². The summed E-state index contributed by atoms with van der Waals surface area (Å²) in [5, 5.41) is 5.24. The number of esters is 1. The van der Waals surface area contributed by atoms with Gasteiger partial charge in [0.15, 0.2) is 0 Å². The molecule has 0 unspecified atom stereocenters. The van der Waals surface area contributed by atoms with Crippen LogP contribution in [0.15, 0.2) is 24.4 Å². The van der Waals surface area contributed by atoms with E-state index in [2.05, 4.69) is 5.10 Å². The zero-order valence-corrected chi connectivity index (χ0v) is 9.72. The topological polar surface area (TPSA) is 44.1 Å². The molecule has 1 aliphatic rings. The first-order valence-corrected chi connectivity index (χ1v) is 5.82. The Bertz CT molecular complexity index is 570. The molecule has 3 rings (SSSR count). The van der Waals surface area contributed by atoms with Crippen molar-refractivity contribution in [2.24, 2.45) is 5.92 Å². The molecule has 88 valence electrons. The van der Waals surface area contributed by atoms with E-state index in [4.69, 9.17) is 4.74 Å². The lowest BCUT2D eigenvalue weighted by molar-refractivity contribution is 0.0603. The van der Waals surface area contributed by atoms with Gasteiger partial charge in [-0.1, -0.05) is 6.07 Å². The summed E-state index contributed by atoms with van der Waals surface area (Å²) in [6.45, 7) is 0.953. The molecule has 1 fully saturated rings. The van der Waals surface area contributed by atoms with Gasteiger partial charge in [0, 0.05) is 11.9 Å². The van der Waals surface area contributed by atoms with Gasteiger partial charge < -0.3 is 4.74 Å². The van der Waals surface area contributed by atoms with Crippen LogP contribution in [0.1, 0.15) is 23.2 Å². The number of methoxy groups -OCH3 is 1. The summed E-state index contributed by atoms with van der Waals surface area (Å²) in [4.78, 5) is 11.6. The number of rotatable bonds is 3. The maximum atomic E-state index is 11.6. The monoisotopic (exact) mass is 230 g/mol. The van der Waals surface area contributed by atoms with E-state index < -0.39 is 0 Å². The van der Waals surface area contributed by atoms with Gasteiger partial charge in [0.25, 0.3) is 0 Å². The fourth-order valence-electron chi connectivity index (χ4n) is 2.08. The van der Waals surface area contributed by atoms with Gasteiger partial charge in [0.1, 0.15) is 0 Å². The molecule has 4 heteroatoms. The molecule has 2 aromatic rings. The first kappa shape index (κ1) is 10.3. The molecule has 1 saturated carbocycles. The Morgan fingerprint density at radius 1 is 1.53 bits per heavy atom. The highest BCUT2D eigenvalue weighted by Crippen LogP contribution is 2.31. The maximum absolute atomic E-state index is 11.6. The number of nitrogens with zero attached hydrogens (tertiary/aromatic N) is 2. The van der Waals surface area contributed by atoms with E-state index in [1.165, 1.54) is 20.0 Å². The number of ether oxygens (including phenoxy) is 1. The molecule has 1 aliphatic carbocycles. The van der Waals surface area contributed by atoms with E-state index >= 15 is 0 Å². The van der Waals surface area contributed by atoms with Gasteiger partial charge in [-0.2, -0.15) is 5.10 Å². The molecule has 0 aliphatic heterocycles. The fraction of sp³-hybridized carbons (Fsp3) is 0.385. The predicted octanol–water partition coefficient (Wildman–Crippen LogP) is 2.23. The minimum atomic E-state index is -0.304.